The van der Waals surface area contributed by atoms with E-state index in [0.717, 1.165) is 29.2 Å². The first kappa shape index (κ1) is 12.2. The third kappa shape index (κ3) is 2.70. The molecule has 2 rings (SSSR count). The van der Waals surface area contributed by atoms with Crippen LogP contribution in [0.3, 0.4) is 0 Å². The van der Waals surface area contributed by atoms with E-state index in [-0.39, 0.29) is 0 Å². The van der Waals surface area contributed by atoms with Gasteiger partial charge in [-0.25, -0.2) is 4.98 Å². The number of hydrogen-bond acceptors (Lipinski definition) is 5. The lowest BCUT2D eigenvalue weighted by atomic mass is 10.3. The molecule has 1 fully saturated rings. The van der Waals surface area contributed by atoms with Crippen molar-refractivity contribution in [2.45, 2.75) is 31.6 Å². The fraction of sp³-hybridized carbons (Fsp3) is 0.727. The maximum Gasteiger partial charge on any atom is 0.185 e. The van der Waals surface area contributed by atoms with Gasteiger partial charge in [0.1, 0.15) is 0 Å². The number of thioether (sulfide) groups is 1. The molecule has 1 aliphatic rings. The number of thiazole rings is 1. The van der Waals surface area contributed by atoms with Crippen LogP contribution in [0, 0.1) is 0 Å². The zero-order valence-electron chi connectivity index (χ0n) is 9.72. The summed E-state index contributed by atoms with van der Waals surface area (Å²) in [6, 6.07) is 0. The van der Waals surface area contributed by atoms with Gasteiger partial charge in [0.15, 0.2) is 5.13 Å². The molecule has 1 aromatic heterocycles. The summed E-state index contributed by atoms with van der Waals surface area (Å²) >= 11 is 3.70. The molecule has 3 nitrogen and oxygen atoms in total. The molecule has 0 saturated carbocycles. The van der Waals surface area contributed by atoms with Crippen LogP contribution in [0.15, 0.2) is 5.38 Å². The average Bonchev–Trinajstić information content (AvgIpc) is 2.78. The topological polar surface area (TPSA) is 36.4 Å². The Labute approximate surface area is 105 Å². The lowest BCUT2D eigenvalue weighted by Gasteiger charge is -2.31. The molecule has 2 unspecified atom stereocenters. The van der Waals surface area contributed by atoms with Crippen LogP contribution in [0.2, 0.25) is 0 Å². The molecule has 0 amide bonds. The van der Waals surface area contributed by atoms with Crippen molar-refractivity contribution in [2.24, 2.45) is 0 Å². The molecule has 0 aromatic carbocycles. The molecule has 0 radical (unpaired) electrons. The smallest absolute Gasteiger partial charge is 0.185 e. The normalized spacial score (nSPS) is 23.4. The standard InChI is InChI=1S/C11H18N2OS2/c1-3-9-6-13(4-5-15-9)11-12-10(7-16-11)8(2)14/h7-9,14H,3-6H2,1-2H3. The quantitative estimate of drug-likeness (QED) is 0.904. The Morgan fingerprint density at radius 1 is 1.69 bits per heavy atom. The zero-order chi connectivity index (χ0) is 11.5. The summed E-state index contributed by atoms with van der Waals surface area (Å²) < 4.78 is 0. The Kier molecular flexibility index (Phi) is 4.10. The summed E-state index contributed by atoms with van der Waals surface area (Å²) in [6.45, 7) is 6.17. The molecular formula is C11H18N2OS2. The summed E-state index contributed by atoms with van der Waals surface area (Å²) in [5, 5.41) is 13.2. The fourth-order valence-corrected chi connectivity index (χ4v) is 3.88. The minimum atomic E-state index is -0.453. The average molecular weight is 258 g/mol. The van der Waals surface area contributed by atoms with E-state index < -0.39 is 6.10 Å². The number of rotatable bonds is 3. The first-order valence-electron chi connectivity index (χ1n) is 5.70. The van der Waals surface area contributed by atoms with E-state index >= 15 is 0 Å². The van der Waals surface area contributed by atoms with Crippen molar-refractivity contribution in [3.05, 3.63) is 11.1 Å². The van der Waals surface area contributed by atoms with E-state index in [2.05, 4.69) is 28.6 Å². The highest BCUT2D eigenvalue weighted by molar-refractivity contribution is 8.00. The number of hydrogen-bond donors (Lipinski definition) is 1. The first-order chi connectivity index (χ1) is 7.70. The van der Waals surface area contributed by atoms with Crippen LogP contribution in [0.4, 0.5) is 5.13 Å². The lowest BCUT2D eigenvalue weighted by Crippen LogP contribution is -2.37. The van der Waals surface area contributed by atoms with Gasteiger partial charge >= 0.3 is 0 Å². The third-order valence-corrected chi connectivity index (χ3v) is 5.09. The number of anilines is 1. The van der Waals surface area contributed by atoms with E-state index in [1.807, 2.05) is 5.38 Å². The minimum Gasteiger partial charge on any atom is -0.387 e. The lowest BCUT2D eigenvalue weighted by molar-refractivity contribution is 0.195. The Bertz CT molecular complexity index is 340. The largest absolute Gasteiger partial charge is 0.387 e. The highest BCUT2D eigenvalue weighted by Gasteiger charge is 2.21. The molecule has 1 aromatic rings. The molecule has 0 spiro atoms. The highest BCUT2D eigenvalue weighted by atomic mass is 32.2. The van der Waals surface area contributed by atoms with E-state index in [1.165, 1.54) is 12.2 Å². The van der Waals surface area contributed by atoms with Crippen LogP contribution in [0.25, 0.3) is 0 Å². The number of nitrogens with zero attached hydrogens (tertiary/aromatic N) is 2. The van der Waals surface area contributed by atoms with Crippen molar-refractivity contribution in [1.29, 1.82) is 0 Å². The highest BCUT2D eigenvalue weighted by Crippen LogP contribution is 2.29. The molecule has 0 aliphatic carbocycles. The molecular weight excluding hydrogens is 240 g/mol. The van der Waals surface area contributed by atoms with E-state index in [4.69, 9.17) is 0 Å². The Morgan fingerprint density at radius 3 is 3.12 bits per heavy atom. The molecule has 1 N–H and O–H groups in total. The molecule has 1 aliphatic heterocycles. The number of aliphatic hydroxyl groups is 1. The van der Waals surface area contributed by atoms with Crippen molar-refractivity contribution >= 4 is 28.2 Å². The van der Waals surface area contributed by atoms with Crippen LogP contribution < -0.4 is 4.90 Å². The van der Waals surface area contributed by atoms with Crippen LogP contribution >= 0.6 is 23.1 Å². The van der Waals surface area contributed by atoms with Gasteiger partial charge in [0.2, 0.25) is 0 Å². The van der Waals surface area contributed by atoms with Gasteiger partial charge in [-0.05, 0) is 13.3 Å². The van der Waals surface area contributed by atoms with Gasteiger partial charge in [-0.1, -0.05) is 6.92 Å². The maximum atomic E-state index is 9.46. The van der Waals surface area contributed by atoms with Crippen molar-refractivity contribution < 1.29 is 5.11 Å². The summed E-state index contributed by atoms with van der Waals surface area (Å²) in [5.74, 6) is 1.18. The van der Waals surface area contributed by atoms with E-state index in [9.17, 15) is 5.11 Å². The van der Waals surface area contributed by atoms with E-state index in [0.29, 0.717) is 0 Å². The molecule has 5 heteroatoms. The van der Waals surface area contributed by atoms with Crippen molar-refractivity contribution in [3.8, 4) is 0 Å². The predicted molar refractivity (Wildman–Crippen MR) is 71.5 cm³/mol. The molecule has 2 atom stereocenters. The Morgan fingerprint density at radius 2 is 2.50 bits per heavy atom. The van der Waals surface area contributed by atoms with Gasteiger partial charge in [0, 0.05) is 29.5 Å². The van der Waals surface area contributed by atoms with Crippen LogP contribution in [-0.4, -0.2) is 34.2 Å². The maximum absolute atomic E-state index is 9.46. The minimum absolute atomic E-state index is 0.453. The van der Waals surface area contributed by atoms with Crippen LogP contribution in [-0.2, 0) is 0 Å². The molecule has 2 heterocycles. The van der Waals surface area contributed by atoms with Crippen molar-refractivity contribution in [2.75, 3.05) is 23.7 Å². The van der Waals surface area contributed by atoms with Crippen LogP contribution in [0.5, 0.6) is 0 Å². The van der Waals surface area contributed by atoms with Gasteiger partial charge in [0.05, 0.1) is 11.8 Å². The van der Waals surface area contributed by atoms with Gasteiger partial charge in [-0.15, -0.1) is 11.3 Å². The van der Waals surface area contributed by atoms with E-state index in [1.54, 1.807) is 18.3 Å². The van der Waals surface area contributed by atoms with Gasteiger partial charge < -0.3 is 10.0 Å². The summed E-state index contributed by atoms with van der Waals surface area (Å²) in [6.07, 6.45) is 0.765. The number of aromatic nitrogens is 1. The monoisotopic (exact) mass is 258 g/mol. The van der Waals surface area contributed by atoms with Crippen LogP contribution in [0.1, 0.15) is 32.1 Å². The molecule has 90 valence electrons. The molecule has 0 bridgehead atoms. The second-order valence-electron chi connectivity index (χ2n) is 4.08. The second kappa shape index (κ2) is 5.38. The molecule has 16 heavy (non-hydrogen) atoms. The van der Waals surface area contributed by atoms with Crippen molar-refractivity contribution in [3.63, 3.8) is 0 Å². The predicted octanol–water partition coefficient (Wildman–Crippen LogP) is 2.53. The van der Waals surface area contributed by atoms with Gasteiger partial charge in [-0.3, -0.25) is 0 Å². The zero-order valence-corrected chi connectivity index (χ0v) is 11.4. The fourth-order valence-electron chi connectivity index (χ4n) is 1.75. The SMILES string of the molecule is CCC1CN(c2nc(C(C)O)cs2)CCS1. The summed E-state index contributed by atoms with van der Waals surface area (Å²) in [4.78, 5) is 6.84. The van der Waals surface area contributed by atoms with Gasteiger partial charge in [-0.2, -0.15) is 11.8 Å². The molecule has 1 saturated heterocycles. The summed E-state index contributed by atoms with van der Waals surface area (Å²) in [5.41, 5.74) is 0.797. The Hall–Kier alpha value is -0.260. The Balaban J connectivity index is 2.05. The first-order valence-corrected chi connectivity index (χ1v) is 7.63. The van der Waals surface area contributed by atoms with Crippen molar-refractivity contribution in [1.82, 2.24) is 4.98 Å². The van der Waals surface area contributed by atoms with Gasteiger partial charge in [0.25, 0.3) is 0 Å². The third-order valence-electron chi connectivity index (χ3n) is 2.80. The summed E-state index contributed by atoms with van der Waals surface area (Å²) in [7, 11) is 0. The number of aliphatic hydroxyl groups excluding tert-OH is 1. The second-order valence-corrected chi connectivity index (χ2v) is 6.32.